The first-order valence-electron chi connectivity index (χ1n) is 8.46. The van der Waals surface area contributed by atoms with Crippen molar-refractivity contribution in [3.8, 4) is 0 Å². The molecule has 0 aliphatic heterocycles. The van der Waals surface area contributed by atoms with Crippen molar-refractivity contribution in [3.05, 3.63) is 42.0 Å². The van der Waals surface area contributed by atoms with Gasteiger partial charge < -0.3 is 4.74 Å². The van der Waals surface area contributed by atoms with Crippen molar-refractivity contribution >= 4 is 11.7 Å². The number of carbonyl (C=O) groups excluding carboxylic acids is 1. The molecule has 1 aromatic carbocycles. The van der Waals surface area contributed by atoms with Crippen LogP contribution in [0.15, 0.2) is 30.8 Å². The molecule has 0 radical (unpaired) electrons. The van der Waals surface area contributed by atoms with Crippen LogP contribution in [-0.4, -0.2) is 36.0 Å². The molecular formula is C19H23F6NO2. The van der Waals surface area contributed by atoms with Gasteiger partial charge in [-0.25, -0.2) is 14.1 Å². The Labute approximate surface area is 160 Å². The predicted molar refractivity (Wildman–Crippen MR) is 93.6 cm³/mol. The lowest BCUT2D eigenvalue weighted by atomic mass is 9.89. The molecular weight excluding hydrogens is 388 g/mol. The van der Waals surface area contributed by atoms with E-state index in [1.54, 1.807) is 13.0 Å². The van der Waals surface area contributed by atoms with Crippen LogP contribution in [0.5, 0.6) is 0 Å². The highest BCUT2D eigenvalue weighted by molar-refractivity contribution is 5.70. The highest BCUT2D eigenvalue weighted by Gasteiger charge is 2.58. The van der Waals surface area contributed by atoms with Crippen LogP contribution in [-0.2, 0) is 10.3 Å². The second kappa shape index (κ2) is 8.45. The molecule has 0 saturated carbocycles. The van der Waals surface area contributed by atoms with Gasteiger partial charge >= 0.3 is 18.3 Å². The Morgan fingerprint density at radius 1 is 1.21 bits per heavy atom. The highest BCUT2D eigenvalue weighted by Crippen LogP contribution is 2.42. The number of ether oxygens (including phenoxy) is 1. The van der Waals surface area contributed by atoms with Gasteiger partial charge in [0.15, 0.2) is 6.17 Å². The fourth-order valence-electron chi connectivity index (χ4n) is 2.67. The molecule has 0 aliphatic carbocycles. The number of alkyl halides is 6. The minimum atomic E-state index is -5.17. The van der Waals surface area contributed by atoms with Crippen LogP contribution in [0.2, 0.25) is 0 Å². The number of rotatable bonds is 7. The fraction of sp³-hybridized carbons (Fsp3) is 0.526. The predicted octanol–water partition coefficient (Wildman–Crippen LogP) is 6.30. The van der Waals surface area contributed by atoms with E-state index < -0.39 is 36.4 Å². The van der Waals surface area contributed by atoms with E-state index in [4.69, 9.17) is 0 Å². The number of halogens is 6. The summed E-state index contributed by atoms with van der Waals surface area (Å²) in [4.78, 5) is 12.0. The average molecular weight is 411 g/mol. The molecule has 0 spiro atoms. The summed E-state index contributed by atoms with van der Waals surface area (Å²) in [7, 11) is 0. The Morgan fingerprint density at radius 3 is 2.25 bits per heavy atom. The molecule has 3 nitrogen and oxygen atoms in total. The van der Waals surface area contributed by atoms with Crippen LogP contribution in [0.25, 0.3) is 5.57 Å². The Hall–Kier alpha value is -2.19. The van der Waals surface area contributed by atoms with Gasteiger partial charge in [0.25, 0.3) is 0 Å². The summed E-state index contributed by atoms with van der Waals surface area (Å²) in [5, 5.41) is 0. The number of hydrogen-bond acceptors (Lipinski definition) is 2. The Bertz CT molecular complexity index is 715. The third-order valence-corrected chi connectivity index (χ3v) is 4.16. The number of allylic oxidation sites excluding steroid dienone is 1. The third kappa shape index (κ3) is 5.42. The monoisotopic (exact) mass is 411 g/mol. The lowest BCUT2D eigenvalue weighted by Gasteiger charge is -2.43. The average Bonchev–Trinajstić information content (AvgIpc) is 2.53. The summed E-state index contributed by atoms with van der Waals surface area (Å²) in [6.45, 7) is 8.78. The van der Waals surface area contributed by atoms with E-state index in [2.05, 4.69) is 11.3 Å². The van der Waals surface area contributed by atoms with Gasteiger partial charge in [0.1, 0.15) is 0 Å². The van der Waals surface area contributed by atoms with Crippen LogP contribution in [0.3, 0.4) is 0 Å². The first-order chi connectivity index (χ1) is 12.6. The number of amides is 1. The smallest absolute Gasteiger partial charge is 0.415 e. The van der Waals surface area contributed by atoms with E-state index in [1.165, 1.54) is 39.0 Å². The summed E-state index contributed by atoms with van der Waals surface area (Å²) in [5.41, 5.74) is -0.561. The highest BCUT2D eigenvalue weighted by atomic mass is 19.4. The van der Waals surface area contributed by atoms with Gasteiger partial charge in [0.2, 0.25) is 0 Å². The summed E-state index contributed by atoms with van der Waals surface area (Å²) in [5.74, 6) is 0. The van der Waals surface area contributed by atoms with Gasteiger partial charge in [-0.1, -0.05) is 30.4 Å². The van der Waals surface area contributed by atoms with Crippen LogP contribution in [0.4, 0.5) is 31.1 Å². The maximum absolute atomic E-state index is 14.8. The first kappa shape index (κ1) is 23.8. The minimum absolute atomic E-state index is 0.153. The van der Waals surface area contributed by atoms with Crippen LogP contribution >= 0.6 is 0 Å². The molecule has 0 heterocycles. The van der Waals surface area contributed by atoms with E-state index in [0.717, 1.165) is 0 Å². The van der Waals surface area contributed by atoms with Crippen LogP contribution in [0, 0.1) is 0 Å². The first-order valence-corrected chi connectivity index (χ1v) is 8.46. The molecule has 1 unspecified atom stereocenters. The van der Waals surface area contributed by atoms with Crippen molar-refractivity contribution < 1.29 is 35.9 Å². The number of benzene rings is 1. The SMILES string of the molecule is C=C(C)c1cccc(C(C)(C)N(C(=O)OCC)C(F)(F)C(F)CC(F)(F)F)c1. The molecule has 1 atom stereocenters. The van der Waals surface area contributed by atoms with Crippen molar-refractivity contribution in [2.24, 2.45) is 0 Å². The van der Waals surface area contributed by atoms with Gasteiger partial charge in [-0.3, -0.25) is 0 Å². The van der Waals surface area contributed by atoms with Crippen molar-refractivity contribution in [1.82, 2.24) is 4.90 Å². The van der Waals surface area contributed by atoms with Crippen molar-refractivity contribution in [1.29, 1.82) is 0 Å². The van der Waals surface area contributed by atoms with Crippen molar-refractivity contribution in [2.75, 3.05) is 6.61 Å². The van der Waals surface area contributed by atoms with E-state index >= 15 is 0 Å². The summed E-state index contributed by atoms with van der Waals surface area (Å²) in [6.07, 6.45) is -12.9. The summed E-state index contributed by atoms with van der Waals surface area (Å²) < 4.78 is 85.6. The maximum atomic E-state index is 14.8. The zero-order valence-corrected chi connectivity index (χ0v) is 16.0. The molecule has 0 N–H and O–H groups in total. The molecule has 1 amide bonds. The molecule has 0 saturated heterocycles. The summed E-state index contributed by atoms with van der Waals surface area (Å²) in [6, 6.07) is 1.26. The molecule has 0 bridgehead atoms. The molecule has 9 heteroatoms. The van der Waals surface area contributed by atoms with E-state index in [0.29, 0.717) is 11.1 Å². The Kier molecular flexibility index (Phi) is 7.19. The van der Waals surface area contributed by atoms with Gasteiger partial charge in [-0.05, 0) is 44.9 Å². The van der Waals surface area contributed by atoms with Gasteiger partial charge in [-0.2, -0.15) is 22.0 Å². The molecule has 0 aliphatic rings. The lowest BCUT2D eigenvalue weighted by Crippen LogP contribution is -2.60. The van der Waals surface area contributed by atoms with Crippen LogP contribution < -0.4 is 0 Å². The number of nitrogens with zero attached hydrogens (tertiary/aromatic N) is 1. The molecule has 0 aromatic heterocycles. The second-order valence-corrected chi connectivity index (χ2v) is 6.83. The molecule has 1 rings (SSSR count). The van der Waals surface area contributed by atoms with Crippen LogP contribution in [0.1, 0.15) is 45.2 Å². The molecule has 28 heavy (non-hydrogen) atoms. The topological polar surface area (TPSA) is 29.5 Å². The lowest BCUT2D eigenvalue weighted by molar-refractivity contribution is -0.237. The van der Waals surface area contributed by atoms with Gasteiger partial charge in [0, 0.05) is 0 Å². The van der Waals surface area contributed by atoms with E-state index in [-0.39, 0.29) is 17.1 Å². The van der Waals surface area contributed by atoms with Gasteiger partial charge in [0.05, 0.1) is 18.6 Å². The van der Waals surface area contributed by atoms with Crippen molar-refractivity contribution in [2.45, 2.75) is 58.0 Å². The fourth-order valence-corrected chi connectivity index (χ4v) is 2.67. The Morgan fingerprint density at radius 2 is 1.79 bits per heavy atom. The van der Waals surface area contributed by atoms with E-state index in [9.17, 15) is 31.1 Å². The zero-order chi connectivity index (χ0) is 21.9. The second-order valence-electron chi connectivity index (χ2n) is 6.83. The Balaban J connectivity index is 3.49. The zero-order valence-electron chi connectivity index (χ0n) is 16.0. The van der Waals surface area contributed by atoms with Gasteiger partial charge in [-0.15, -0.1) is 0 Å². The minimum Gasteiger partial charge on any atom is -0.450 e. The third-order valence-electron chi connectivity index (χ3n) is 4.16. The van der Waals surface area contributed by atoms with Crippen molar-refractivity contribution in [3.63, 3.8) is 0 Å². The quantitative estimate of drug-likeness (QED) is 0.389. The largest absolute Gasteiger partial charge is 0.450 e. The molecule has 0 fully saturated rings. The number of carbonyl (C=O) groups is 1. The standard InChI is InChI=1S/C19H23F6NO2/c1-6-28-16(27)26(19(24,25)15(20)11-18(21,22)23)17(4,5)14-9-7-8-13(10-14)12(2)3/h7-10,15H,2,6,11H2,1,3-5H3. The number of hydrogen-bond donors (Lipinski definition) is 0. The molecule has 1 aromatic rings. The molecule has 158 valence electrons. The normalized spacial score (nSPS) is 13.8. The maximum Gasteiger partial charge on any atom is 0.415 e. The van der Waals surface area contributed by atoms with E-state index in [1.807, 2.05) is 0 Å². The summed E-state index contributed by atoms with van der Waals surface area (Å²) >= 11 is 0.